The van der Waals surface area contributed by atoms with Gasteiger partial charge in [-0.15, -0.1) is 11.3 Å². The van der Waals surface area contributed by atoms with Gasteiger partial charge in [-0.1, -0.05) is 15.9 Å². The third kappa shape index (κ3) is 3.97. The van der Waals surface area contributed by atoms with E-state index in [4.69, 9.17) is 0 Å². The molecule has 0 atom stereocenters. The molecule has 0 bridgehead atoms. The van der Waals surface area contributed by atoms with Gasteiger partial charge in [-0.05, 0) is 55.5 Å². The summed E-state index contributed by atoms with van der Waals surface area (Å²) >= 11 is 4.96. The molecule has 24 heavy (non-hydrogen) atoms. The van der Waals surface area contributed by atoms with Gasteiger partial charge in [-0.3, -0.25) is 4.79 Å². The van der Waals surface area contributed by atoms with Crippen molar-refractivity contribution in [2.75, 3.05) is 17.2 Å². The Morgan fingerprint density at radius 1 is 1.25 bits per heavy atom. The summed E-state index contributed by atoms with van der Waals surface area (Å²) in [6.07, 6.45) is 4.64. The number of fused-ring (bicyclic) bond motifs is 1. The molecule has 1 aliphatic carbocycles. The molecule has 124 valence electrons. The number of carbonyl (C=O) groups is 1. The summed E-state index contributed by atoms with van der Waals surface area (Å²) in [6.45, 7) is 0.556. The van der Waals surface area contributed by atoms with Crippen LogP contribution in [0.4, 0.5) is 10.7 Å². The van der Waals surface area contributed by atoms with Crippen molar-refractivity contribution in [3.8, 4) is 6.07 Å². The summed E-state index contributed by atoms with van der Waals surface area (Å²) in [6, 6.07) is 10.1. The largest absolute Gasteiger partial charge is 0.385 e. The highest BCUT2D eigenvalue weighted by Crippen LogP contribution is 2.37. The van der Waals surface area contributed by atoms with Gasteiger partial charge in [0.15, 0.2) is 0 Å². The Labute approximate surface area is 154 Å². The second kappa shape index (κ2) is 7.82. The number of nitriles is 1. The minimum atomic E-state index is -0.0605. The monoisotopic (exact) mass is 403 g/mol. The second-order valence-corrected chi connectivity index (χ2v) is 7.78. The Morgan fingerprint density at radius 3 is 2.75 bits per heavy atom. The molecule has 6 heteroatoms. The molecule has 1 amide bonds. The molecule has 0 spiro atoms. The summed E-state index contributed by atoms with van der Waals surface area (Å²) in [5.74, 6) is -0.0605. The van der Waals surface area contributed by atoms with E-state index in [1.165, 1.54) is 11.3 Å². The van der Waals surface area contributed by atoms with Gasteiger partial charge in [-0.25, -0.2) is 0 Å². The van der Waals surface area contributed by atoms with Gasteiger partial charge in [0, 0.05) is 28.0 Å². The molecular formula is C18H18BrN3OS. The van der Waals surface area contributed by atoms with E-state index in [2.05, 4.69) is 32.6 Å². The summed E-state index contributed by atoms with van der Waals surface area (Å²) in [4.78, 5) is 13.4. The van der Waals surface area contributed by atoms with Crippen LogP contribution in [0.3, 0.4) is 0 Å². The topological polar surface area (TPSA) is 64.9 Å². The predicted molar refractivity (Wildman–Crippen MR) is 102 cm³/mol. The highest BCUT2D eigenvalue weighted by atomic mass is 79.9. The molecule has 0 saturated carbocycles. The van der Waals surface area contributed by atoms with Crippen molar-refractivity contribution < 1.29 is 4.79 Å². The molecule has 2 aromatic rings. The first-order valence-electron chi connectivity index (χ1n) is 8.01. The van der Waals surface area contributed by atoms with Crippen LogP contribution >= 0.6 is 27.3 Å². The molecule has 1 aliphatic rings. The molecule has 0 saturated heterocycles. The van der Waals surface area contributed by atoms with Gasteiger partial charge in [0.2, 0.25) is 5.91 Å². The minimum Gasteiger partial charge on any atom is -0.385 e. The summed E-state index contributed by atoms with van der Waals surface area (Å²) in [5, 5.41) is 16.3. The van der Waals surface area contributed by atoms with E-state index < -0.39 is 0 Å². The predicted octanol–water partition coefficient (Wildman–Crippen LogP) is 4.70. The van der Waals surface area contributed by atoms with Gasteiger partial charge >= 0.3 is 0 Å². The molecule has 3 rings (SSSR count). The van der Waals surface area contributed by atoms with E-state index in [-0.39, 0.29) is 5.91 Å². The van der Waals surface area contributed by atoms with Gasteiger partial charge in [-0.2, -0.15) is 5.26 Å². The van der Waals surface area contributed by atoms with Crippen molar-refractivity contribution in [2.24, 2.45) is 0 Å². The van der Waals surface area contributed by atoms with Gasteiger partial charge in [0.25, 0.3) is 0 Å². The Kier molecular flexibility index (Phi) is 5.54. The van der Waals surface area contributed by atoms with Crippen molar-refractivity contribution >= 4 is 43.9 Å². The maximum Gasteiger partial charge on any atom is 0.226 e. The molecule has 1 aromatic heterocycles. The van der Waals surface area contributed by atoms with Crippen LogP contribution in [-0.4, -0.2) is 12.5 Å². The fourth-order valence-electron chi connectivity index (χ4n) is 2.85. The van der Waals surface area contributed by atoms with Crippen LogP contribution in [0, 0.1) is 11.3 Å². The average Bonchev–Trinajstić information content (AvgIpc) is 2.93. The maximum absolute atomic E-state index is 12.2. The second-order valence-electron chi connectivity index (χ2n) is 5.76. The molecule has 1 heterocycles. The normalized spacial score (nSPS) is 13.0. The van der Waals surface area contributed by atoms with Gasteiger partial charge in [0.05, 0.1) is 5.56 Å². The van der Waals surface area contributed by atoms with Crippen LogP contribution in [0.25, 0.3) is 0 Å². The lowest BCUT2D eigenvalue weighted by molar-refractivity contribution is -0.115. The molecule has 0 fully saturated rings. The van der Waals surface area contributed by atoms with Gasteiger partial charge in [0.1, 0.15) is 11.1 Å². The zero-order valence-electron chi connectivity index (χ0n) is 13.2. The molecule has 4 nitrogen and oxygen atoms in total. The Bertz CT molecular complexity index is 777. The SMILES string of the molecule is N#Cc1c(NC(=O)CCNc2ccc(Br)cc2)sc2c1CCCC2. The number of benzene rings is 1. The lowest BCUT2D eigenvalue weighted by Gasteiger charge is -2.09. The Morgan fingerprint density at radius 2 is 2.00 bits per heavy atom. The van der Waals surface area contributed by atoms with Crippen LogP contribution in [0.5, 0.6) is 0 Å². The Balaban J connectivity index is 1.56. The van der Waals surface area contributed by atoms with E-state index >= 15 is 0 Å². The van der Waals surface area contributed by atoms with E-state index in [0.717, 1.165) is 40.0 Å². The zero-order valence-corrected chi connectivity index (χ0v) is 15.6. The van der Waals surface area contributed by atoms with Crippen molar-refractivity contribution in [3.05, 3.63) is 44.7 Å². The van der Waals surface area contributed by atoms with E-state index in [0.29, 0.717) is 18.5 Å². The number of amides is 1. The van der Waals surface area contributed by atoms with Gasteiger partial charge < -0.3 is 10.6 Å². The van der Waals surface area contributed by atoms with E-state index in [9.17, 15) is 10.1 Å². The Hall–Kier alpha value is -1.84. The average molecular weight is 404 g/mol. The molecule has 0 aliphatic heterocycles. The first-order chi connectivity index (χ1) is 11.7. The third-order valence-electron chi connectivity index (χ3n) is 4.06. The molecule has 2 N–H and O–H groups in total. The fraction of sp³-hybridized carbons (Fsp3) is 0.333. The van der Waals surface area contributed by atoms with Crippen molar-refractivity contribution in [1.29, 1.82) is 5.26 Å². The third-order valence-corrected chi connectivity index (χ3v) is 5.80. The molecule has 0 unspecified atom stereocenters. The minimum absolute atomic E-state index is 0.0605. The van der Waals surface area contributed by atoms with Crippen LogP contribution in [0.1, 0.15) is 35.3 Å². The number of thiophene rings is 1. The number of carbonyl (C=O) groups excluding carboxylic acids is 1. The zero-order chi connectivity index (χ0) is 16.9. The number of nitrogens with zero attached hydrogens (tertiary/aromatic N) is 1. The lowest BCUT2D eigenvalue weighted by atomic mass is 9.96. The number of halogens is 1. The fourth-order valence-corrected chi connectivity index (χ4v) is 4.37. The van der Waals surface area contributed by atoms with Crippen molar-refractivity contribution in [3.63, 3.8) is 0 Å². The molecule has 0 radical (unpaired) electrons. The maximum atomic E-state index is 12.2. The van der Waals surface area contributed by atoms with Crippen LogP contribution in [0.2, 0.25) is 0 Å². The standard InChI is InChI=1S/C18H18BrN3OS/c19-12-5-7-13(8-6-12)21-10-9-17(23)22-18-15(11-20)14-3-1-2-4-16(14)24-18/h5-8,21H,1-4,9-10H2,(H,22,23). The summed E-state index contributed by atoms with van der Waals surface area (Å²) < 4.78 is 1.02. The molecule has 1 aromatic carbocycles. The number of hydrogen-bond acceptors (Lipinski definition) is 4. The molecular weight excluding hydrogens is 386 g/mol. The smallest absolute Gasteiger partial charge is 0.226 e. The van der Waals surface area contributed by atoms with Crippen molar-refractivity contribution in [2.45, 2.75) is 32.1 Å². The quantitative estimate of drug-likeness (QED) is 0.759. The number of hydrogen-bond donors (Lipinski definition) is 2. The number of nitrogens with one attached hydrogen (secondary N) is 2. The van der Waals surface area contributed by atoms with Crippen LogP contribution in [0.15, 0.2) is 28.7 Å². The first kappa shape index (κ1) is 17.0. The van der Waals surface area contributed by atoms with Crippen LogP contribution in [-0.2, 0) is 17.6 Å². The van der Waals surface area contributed by atoms with E-state index in [1.807, 2.05) is 24.3 Å². The van der Waals surface area contributed by atoms with E-state index in [1.54, 1.807) is 11.3 Å². The number of anilines is 2. The summed E-state index contributed by atoms with van der Waals surface area (Å²) in [5.41, 5.74) is 2.80. The highest BCUT2D eigenvalue weighted by Gasteiger charge is 2.21. The highest BCUT2D eigenvalue weighted by molar-refractivity contribution is 9.10. The lowest BCUT2D eigenvalue weighted by Crippen LogP contribution is -2.16. The summed E-state index contributed by atoms with van der Waals surface area (Å²) in [7, 11) is 0. The number of aryl methyl sites for hydroxylation is 1. The first-order valence-corrected chi connectivity index (χ1v) is 9.62. The van der Waals surface area contributed by atoms with Crippen LogP contribution < -0.4 is 10.6 Å². The number of rotatable bonds is 5. The van der Waals surface area contributed by atoms with Crippen molar-refractivity contribution in [1.82, 2.24) is 0 Å².